The molecule has 1 rings (SSSR count). The van der Waals surface area contributed by atoms with Crippen molar-refractivity contribution < 1.29 is 0 Å². The van der Waals surface area contributed by atoms with Crippen LogP contribution in [0.5, 0.6) is 0 Å². The molecule has 0 radical (unpaired) electrons. The minimum Gasteiger partial charge on any atom is -0.384 e. The second-order valence-electron chi connectivity index (χ2n) is 4.58. The van der Waals surface area contributed by atoms with E-state index in [9.17, 15) is 0 Å². The standard InChI is InChI=1S/C11H18N2/c1-8(11(2,3)4)9-6-5-7-10(12)13-9/h5-8H,1-4H3,(H2,12,13)/t8-/m0/s1. The van der Waals surface area contributed by atoms with Crippen molar-refractivity contribution in [1.29, 1.82) is 0 Å². The van der Waals surface area contributed by atoms with Crippen LogP contribution < -0.4 is 5.73 Å². The van der Waals surface area contributed by atoms with Crippen molar-refractivity contribution in [2.75, 3.05) is 5.73 Å². The first-order chi connectivity index (χ1) is 5.91. The number of hydrogen-bond acceptors (Lipinski definition) is 2. The van der Waals surface area contributed by atoms with E-state index in [4.69, 9.17) is 5.73 Å². The van der Waals surface area contributed by atoms with Crippen molar-refractivity contribution in [1.82, 2.24) is 4.98 Å². The van der Waals surface area contributed by atoms with Crippen molar-refractivity contribution in [2.24, 2.45) is 5.41 Å². The Labute approximate surface area is 80.2 Å². The van der Waals surface area contributed by atoms with Crippen LogP contribution in [0.3, 0.4) is 0 Å². The number of rotatable bonds is 1. The van der Waals surface area contributed by atoms with E-state index in [0.717, 1.165) is 5.69 Å². The summed E-state index contributed by atoms with van der Waals surface area (Å²) in [6, 6.07) is 5.81. The summed E-state index contributed by atoms with van der Waals surface area (Å²) in [6.45, 7) is 8.81. The Morgan fingerprint density at radius 1 is 1.31 bits per heavy atom. The van der Waals surface area contributed by atoms with E-state index < -0.39 is 0 Å². The van der Waals surface area contributed by atoms with Crippen LogP contribution in [0.2, 0.25) is 0 Å². The molecular formula is C11H18N2. The molecule has 1 heterocycles. The SMILES string of the molecule is C[C@@H](c1cccc(N)n1)C(C)(C)C. The molecule has 1 aromatic heterocycles. The average Bonchev–Trinajstić information content (AvgIpc) is 2.01. The lowest BCUT2D eigenvalue weighted by atomic mass is 9.80. The van der Waals surface area contributed by atoms with Gasteiger partial charge < -0.3 is 5.73 Å². The van der Waals surface area contributed by atoms with Gasteiger partial charge in [-0.05, 0) is 17.5 Å². The van der Waals surface area contributed by atoms with Gasteiger partial charge in [0.05, 0.1) is 0 Å². The molecule has 13 heavy (non-hydrogen) atoms. The number of pyridine rings is 1. The number of nitrogens with zero attached hydrogens (tertiary/aromatic N) is 1. The molecule has 0 unspecified atom stereocenters. The van der Waals surface area contributed by atoms with Crippen LogP contribution in [0.15, 0.2) is 18.2 Å². The van der Waals surface area contributed by atoms with E-state index in [0.29, 0.717) is 11.7 Å². The summed E-state index contributed by atoms with van der Waals surface area (Å²) >= 11 is 0. The zero-order valence-electron chi connectivity index (χ0n) is 8.83. The summed E-state index contributed by atoms with van der Waals surface area (Å²) in [5, 5.41) is 0. The molecule has 0 saturated heterocycles. The first kappa shape index (κ1) is 10.0. The Morgan fingerprint density at radius 2 is 1.92 bits per heavy atom. The number of hydrogen-bond donors (Lipinski definition) is 1. The van der Waals surface area contributed by atoms with Gasteiger partial charge in [-0.25, -0.2) is 4.98 Å². The Morgan fingerprint density at radius 3 is 2.38 bits per heavy atom. The molecule has 0 aliphatic heterocycles. The van der Waals surface area contributed by atoms with E-state index in [-0.39, 0.29) is 5.41 Å². The highest BCUT2D eigenvalue weighted by atomic mass is 14.8. The molecule has 2 N–H and O–H groups in total. The first-order valence-electron chi connectivity index (χ1n) is 4.63. The predicted molar refractivity (Wildman–Crippen MR) is 56.5 cm³/mol. The van der Waals surface area contributed by atoms with E-state index in [1.165, 1.54) is 0 Å². The zero-order chi connectivity index (χ0) is 10.1. The smallest absolute Gasteiger partial charge is 0.123 e. The predicted octanol–water partition coefficient (Wildman–Crippen LogP) is 2.81. The molecule has 2 heteroatoms. The molecule has 0 fully saturated rings. The summed E-state index contributed by atoms with van der Waals surface area (Å²) < 4.78 is 0. The van der Waals surface area contributed by atoms with Gasteiger partial charge in [0.1, 0.15) is 5.82 Å². The third kappa shape index (κ3) is 2.44. The highest BCUT2D eigenvalue weighted by Gasteiger charge is 2.22. The summed E-state index contributed by atoms with van der Waals surface area (Å²) in [7, 11) is 0. The third-order valence-electron chi connectivity index (χ3n) is 2.53. The fourth-order valence-electron chi connectivity index (χ4n) is 1.15. The van der Waals surface area contributed by atoms with Crippen LogP contribution >= 0.6 is 0 Å². The van der Waals surface area contributed by atoms with E-state index in [2.05, 4.69) is 32.7 Å². The van der Waals surface area contributed by atoms with Crippen LogP contribution in [-0.2, 0) is 0 Å². The molecular weight excluding hydrogens is 160 g/mol. The van der Waals surface area contributed by atoms with Gasteiger partial charge in [0.15, 0.2) is 0 Å². The maximum Gasteiger partial charge on any atom is 0.123 e. The second-order valence-corrected chi connectivity index (χ2v) is 4.58. The minimum absolute atomic E-state index is 0.237. The highest BCUT2D eigenvalue weighted by molar-refractivity contribution is 5.30. The first-order valence-corrected chi connectivity index (χ1v) is 4.63. The minimum atomic E-state index is 0.237. The van der Waals surface area contributed by atoms with Crippen LogP contribution in [0, 0.1) is 5.41 Å². The molecule has 0 spiro atoms. The summed E-state index contributed by atoms with van der Waals surface area (Å²) in [6.07, 6.45) is 0. The van der Waals surface area contributed by atoms with Gasteiger partial charge in [0, 0.05) is 11.6 Å². The molecule has 0 aliphatic rings. The van der Waals surface area contributed by atoms with Crippen LogP contribution in [-0.4, -0.2) is 4.98 Å². The van der Waals surface area contributed by atoms with E-state index >= 15 is 0 Å². The summed E-state index contributed by atoms with van der Waals surface area (Å²) in [5.74, 6) is 1.03. The highest BCUT2D eigenvalue weighted by Crippen LogP contribution is 2.33. The van der Waals surface area contributed by atoms with Crippen LogP contribution in [0.4, 0.5) is 5.82 Å². The van der Waals surface area contributed by atoms with E-state index in [1.807, 2.05) is 18.2 Å². The third-order valence-corrected chi connectivity index (χ3v) is 2.53. The maximum absolute atomic E-state index is 5.63. The van der Waals surface area contributed by atoms with Crippen molar-refractivity contribution in [3.63, 3.8) is 0 Å². The number of aromatic nitrogens is 1. The van der Waals surface area contributed by atoms with Gasteiger partial charge in [-0.3, -0.25) is 0 Å². The second kappa shape index (κ2) is 3.36. The Hall–Kier alpha value is -1.05. The summed E-state index contributed by atoms with van der Waals surface area (Å²) in [4.78, 5) is 4.32. The van der Waals surface area contributed by atoms with Crippen molar-refractivity contribution in [3.8, 4) is 0 Å². The number of nitrogen functional groups attached to an aromatic ring is 1. The molecule has 0 aromatic carbocycles. The van der Waals surface area contributed by atoms with Crippen molar-refractivity contribution in [3.05, 3.63) is 23.9 Å². The molecule has 0 saturated carbocycles. The van der Waals surface area contributed by atoms with Gasteiger partial charge in [0.2, 0.25) is 0 Å². The van der Waals surface area contributed by atoms with Gasteiger partial charge in [0.25, 0.3) is 0 Å². The van der Waals surface area contributed by atoms with E-state index in [1.54, 1.807) is 0 Å². The van der Waals surface area contributed by atoms with Crippen LogP contribution in [0.25, 0.3) is 0 Å². The quantitative estimate of drug-likeness (QED) is 0.718. The Bertz CT molecular complexity index is 286. The fraction of sp³-hybridized carbons (Fsp3) is 0.545. The Balaban J connectivity index is 2.96. The Kier molecular flexibility index (Phi) is 2.60. The van der Waals surface area contributed by atoms with Crippen LogP contribution in [0.1, 0.15) is 39.3 Å². The lowest BCUT2D eigenvalue weighted by molar-refractivity contribution is 0.334. The average molecular weight is 178 g/mol. The fourth-order valence-corrected chi connectivity index (χ4v) is 1.15. The zero-order valence-corrected chi connectivity index (χ0v) is 8.83. The molecule has 1 aromatic rings. The van der Waals surface area contributed by atoms with Gasteiger partial charge in [-0.15, -0.1) is 0 Å². The lowest BCUT2D eigenvalue weighted by Gasteiger charge is -2.26. The monoisotopic (exact) mass is 178 g/mol. The largest absolute Gasteiger partial charge is 0.384 e. The maximum atomic E-state index is 5.63. The van der Waals surface area contributed by atoms with Gasteiger partial charge in [-0.1, -0.05) is 33.8 Å². The molecule has 72 valence electrons. The molecule has 0 amide bonds. The molecule has 1 atom stereocenters. The summed E-state index contributed by atoms with van der Waals surface area (Å²) in [5.41, 5.74) is 6.94. The normalized spacial score (nSPS) is 14.2. The van der Waals surface area contributed by atoms with Crippen molar-refractivity contribution in [2.45, 2.75) is 33.6 Å². The molecule has 2 nitrogen and oxygen atoms in total. The molecule has 0 aliphatic carbocycles. The lowest BCUT2D eigenvalue weighted by Crippen LogP contribution is -2.16. The van der Waals surface area contributed by atoms with Crippen molar-refractivity contribution >= 4 is 5.82 Å². The van der Waals surface area contributed by atoms with Gasteiger partial charge in [-0.2, -0.15) is 0 Å². The number of anilines is 1. The number of nitrogens with two attached hydrogens (primary N) is 1. The molecule has 0 bridgehead atoms. The topological polar surface area (TPSA) is 38.9 Å². The van der Waals surface area contributed by atoms with Gasteiger partial charge >= 0.3 is 0 Å².